The summed E-state index contributed by atoms with van der Waals surface area (Å²) in [5.74, 6) is 6.71. The molecule has 0 saturated heterocycles. The van der Waals surface area contributed by atoms with E-state index < -0.39 is 5.60 Å². The second-order valence-electron chi connectivity index (χ2n) is 6.21. The minimum atomic E-state index is -1.33. The Kier molecular flexibility index (Phi) is 4.11. The Hall–Kier alpha value is -3.28. The number of aryl methyl sites for hydroxylation is 1. The van der Waals surface area contributed by atoms with E-state index in [-0.39, 0.29) is 5.95 Å². The number of nitrogens with two attached hydrogens (primary N) is 1. The number of nitrogen functional groups attached to an aromatic ring is 1. The molecule has 0 saturated carbocycles. The molecule has 0 aliphatic rings. The Balaban J connectivity index is 1.78. The highest BCUT2D eigenvalue weighted by atomic mass is 32.1. The van der Waals surface area contributed by atoms with E-state index in [0.29, 0.717) is 16.5 Å². The van der Waals surface area contributed by atoms with Crippen molar-refractivity contribution in [2.24, 2.45) is 0 Å². The Labute approximate surface area is 159 Å². The van der Waals surface area contributed by atoms with Gasteiger partial charge >= 0.3 is 0 Å². The number of nitrogens with zero attached hydrogens (tertiary/aromatic N) is 5. The van der Waals surface area contributed by atoms with Crippen molar-refractivity contribution in [1.29, 1.82) is 0 Å². The van der Waals surface area contributed by atoms with Gasteiger partial charge in [-0.15, -0.1) is 11.3 Å². The predicted molar refractivity (Wildman–Crippen MR) is 104 cm³/mol. The van der Waals surface area contributed by atoms with Crippen molar-refractivity contribution >= 4 is 28.2 Å². The van der Waals surface area contributed by atoms with Crippen molar-refractivity contribution in [2.75, 3.05) is 5.73 Å². The number of aliphatic hydroxyl groups is 1. The fourth-order valence-corrected chi connectivity index (χ4v) is 3.33. The molecule has 0 amide bonds. The van der Waals surface area contributed by atoms with Crippen LogP contribution >= 0.6 is 11.3 Å². The molecular weight excluding hydrogens is 360 g/mol. The zero-order chi connectivity index (χ0) is 19.0. The van der Waals surface area contributed by atoms with Gasteiger partial charge in [0.15, 0.2) is 5.60 Å². The maximum atomic E-state index is 10.5. The van der Waals surface area contributed by atoms with Gasteiger partial charge in [-0.1, -0.05) is 5.92 Å². The molecule has 4 aromatic rings. The third-order valence-corrected chi connectivity index (χ3v) is 5.03. The third kappa shape index (κ3) is 3.26. The summed E-state index contributed by atoms with van der Waals surface area (Å²) in [6, 6.07) is 3.81. The maximum Gasteiger partial charge on any atom is 0.221 e. The predicted octanol–water partition coefficient (Wildman–Crippen LogP) is 2.42. The SMILES string of the molecule is Cc1cnc(N)nc1-n1ccc2cnc(C#CC(C)(O)c3nccs3)cc21. The lowest BCUT2D eigenvalue weighted by Gasteiger charge is -2.11. The molecule has 27 heavy (non-hydrogen) atoms. The number of rotatable bonds is 2. The van der Waals surface area contributed by atoms with Gasteiger partial charge in [-0.2, -0.15) is 4.98 Å². The van der Waals surface area contributed by atoms with E-state index in [9.17, 15) is 5.11 Å². The summed E-state index contributed by atoms with van der Waals surface area (Å²) in [4.78, 5) is 16.8. The summed E-state index contributed by atoms with van der Waals surface area (Å²) < 4.78 is 1.93. The number of hydrogen-bond acceptors (Lipinski definition) is 7. The molecule has 0 aromatic carbocycles. The summed E-state index contributed by atoms with van der Waals surface area (Å²) in [6.45, 7) is 3.54. The summed E-state index contributed by atoms with van der Waals surface area (Å²) in [5.41, 5.74) is 6.75. The highest BCUT2D eigenvalue weighted by Crippen LogP contribution is 2.23. The van der Waals surface area contributed by atoms with E-state index in [1.54, 1.807) is 30.9 Å². The molecule has 0 fully saturated rings. The number of pyridine rings is 1. The fraction of sp³-hybridized carbons (Fsp3) is 0.158. The average Bonchev–Trinajstić information content (AvgIpc) is 3.32. The second-order valence-corrected chi connectivity index (χ2v) is 7.10. The Morgan fingerprint density at radius 2 is 2.11 bits per heavy atom. The number of anilines is 1. The lowest BCUT2D eigenvalue weighted by molar-refractivity contribution is 0.122. The molecule has 0 radical (unpaired) electrons. The van der Waals surface area contributed by atoms with Crippen LogP contribution in [0, 0.1) is 18.8 Å². The Morgan fingerprint density at radius 3 is 2.89 bits per heavy atom. The highest BCUT2D eigenvalue weighted by Gasteiger charge is 2.22. The van der Waals surface area contributed by atoms with Gasteiger partial charge in [0, 0.05) is 41.1 Å². The summed E-state index contributed by atoms with van der Waals surface area (Å²) >= 11 is 1.36. The van der Waals surface area contributed by atoms with Crippen LogP contribution in [0.1, 0.15) is 23.2 Å². The minimum Gasteiger partial charge on any atom is -0.371 e. The standard InChI is InChI=1S/C19H16N6OS/c1-12-10-23-18(20)24-16(12)25-7-4-13-11-22-14(9-15(13)25)3-5-19(2,26)17-21-6-8-27-17/h4,6-11,26H,1-2H3,(H2,20,23,24). The van der Waals surface area contributed by atoms with Crippen LogP contribution in [0.25, 0.3) is 16.7 Å². The third-order valence-electron chi connectivity index (χ3n) is 4.05. The first-order valence-corrected chi connectivity index (χ1v) is 9.04. The van der Waals surface area contributed by atoms with Crippen molar-refractivity contribution in [3.05, 3.63) is 58.6 Å². The van der Waals surface area contributed by atoms with Gasteiger partial charge in [0.05, 0.1) is 5.52 Å². The quantitative estimate of drug-likeness (QED) is 0.521. The maximum absolute atomic E-state index is 10.5. The van der Waals surface area contributed by atoms with Crippen molar-refractivity contribution in [1.82, 2.24) is 24.5 Å². The lowest BCUT2D eigenvalue weighted by atomic mass is 10.1. The zero-order valence-corrected chi connectivity index (χ0v) is 15.5. The van der Waals surface area contributed by atoms with Crippen molar-refractivity contribution < 1.29 is 5.11 Å². The molecule has 1 atom stereocenters. The van der Waals surface area contributed by atoms with Crippen LogP contribution in [-0.4, -0.2) is 29.6 Å². The van der Waals surface area contributed by atoms with Gasteiger partial charge in [0.1, 0.15) is 16.5 Å². The van der Waals surface area contributed by atoms with Crippen molar-refractivity contribution in [3.8, 4) is 17.7 Å². The minimum absolute atomic E-state index is 0.214. The molecule has 4 aromatic heterocycles. The van der Waals surface area contributed by atoms with Gasteiger partial charge < -0.3 is 15.4 Å². The van der Waals surface area contributed by atoms with E-state index >= 15 is 0 Å². The van der Waals surface area contributed by atoms with Gasteiger partial charge in [0.2, 0.25) is 5.95 Å². The van der Waals surface area contributed by atoms with Gasteiger partial charge in [-0.25, -0.2) is 15.0 Å². The molecule has 3 N–H and O–H groups in total. The molecular formula is C19H16N6OS. The van der Waals surface area contributed by atoms with Gasteiger partial charge in [-0.3, -0.25) is 0 Å². The van der Waals surface area contributed by atoms with Crippen LogP contribution in [-0.2, 0) is 5.60 Å². The van der Waals surface area contributed by atoms with Crippen molar-refractivity contribution in [2.45, 2.75) is 19.4 Å². The van der Waals surface area contributed by atoms with Crippen LogP contribution in [0.15, 0.2) is 42.3 Å². The molecule has 7 nitrogen and oxygen atoms in total. The fourth-order valence-electron chi connectivity index (χ4n) is 2.67. The molecule has 0 aliphatic carbocycles. The van der Waals surface area contributed by atoms with Crippen LogP contribution in [0.4, 0.5) is 5.95 Å². The molecule has 0 spiro atoms. The molecule has 4 heterocycles. The first-order chi connectivity index (χ1) is 12.9. The topological polar surface area (TPSA) is 103 Å². The van der Waals surface area contributed by atoms with Crippen LogP contribution < -0.4 is 5.73 Å². The first kappa shape index (κ1) is 17.1. The summed E-state index contributed by atoms with van der Waals surface area (Å²) in [7, 11) is 0. The highest BCUT2D eigenvalue weighted by molar-refractivity contribution is 7.09. The normalized spacial score (nSPS) is 13.1. The molecule has 8 heteroatoms. The lowest BCUT2D eigenvalue weighted by Crippen LogP contribution is -2.18. The van der Waals surface area contributed by atoms with Crippen LogP contribution in [0.5, 0.6) is 0 Å². The van der Waals surface area contributed by atoms with E-state index in [0.717, 1.165) is 16.5 Å². The molecule has 134 valence electrons. The molecule has 1 unspecified atom stereocenters. The van der Waals surface area contributed by atoms with E-state index in [1.807, 2.05) is 29.8 Å². The zero-order valence-electron chi connectivity index (χ0n) is 14.7. The smallest absolute Gasteiger partial charge is 0.221 e. The number of hydrogen-bond donors (Lipinski definition) is 2. The van der Waals surface area contributed by atoms with Gasteiger partial charge in [0.25, 0.3) is 0 Å². The van der Waals surface area contributed by atoms with Crippen LogP contribution in [0.3, 0.4) is 0 Å². The number of thiazole rings is 1. The molecule has 4 rings (SSSR count). The van der Waals surface area contributed by atoms with Crippen molar-refractivity contribution in [3.63, 3.8) is 0 Å². The monoisotopic (exact) mass is 376 g/mol. The summed E-state index contributed by atoms with van der Waals surface area (Å²) in [5, 5.41) is 13.8. The molecule has 0 aliphatic heterocycles. The van der Waals surface area contributed by atoms with E-state index in [4.69, 9.17) is 5.73 Å². The second kappa shape index (κ2) is 6.46. The number of fused-ring (bicyclic) bond motifs is 1. The average molecular weight is 376 g/mol. The Morgan fingerprint density at radius 1 is 1.26 bits per heavy atom. The van der Waals surface area contributed by atoms with E-state index in [1.165, 1.54) is 11.3 Å². The van der Waals surface area contributed by atoms with Crippen LogP contribution in [0.2, 0.25) is 0 Å². The Bertz CT molecular complexity index is 1180. The van der Waals surface area contributed by atoms with E-state index in [2.05, 4.69) is 31.8 Å². The van der Waals surface area contributed by atoms with Gasteiger partial charge in [-0.05, 0) is 31.9 Å². The largest absolute Gasteiger partial charge is 0.371 e. The summed E-state index contributed by atoms with van der Waals surface area (Å²) in [6.07, 6.45) is 6.98. The molecule has 0 bridgehead atoms. The first-order valence-electron chi connectivity index (χ1n) is 8.16. The number of aromatic nitrogens is 5.